The molecule has 2 heterocycles. The second-order valence-electron chi connectivity index (χ2n) is 5.26. The van der Waals surface area contributed by atoms with E-state index in [9.17, 15) is 4.79 Å². The van der Waals surface area contributed by atoms with Crippen molar-refractivity contribution in [3.63, 3.8) is 0 Å². The highest BCUT2D eigenvalue weighted by molar-refractivity contribution is 6.02. The molecule has 5 heteroatoms. The lowest BCUT2D eigenvalue weighted by Crippen LogP contribution is -2.45. The van der Waals surface area contributed by atoms with E-state index in [0.717, 1.165) is 24.3 Å². The summed E-state index contributed by atoms with van der Waals surface area (Å²) < 4.78 is 5.12. The Morgan fingerprint density at radius 1 is 1.26 bits per heavy atom. The summed E-state index contributed by atoms with van der Waals surface area (Å²) in [6, 6.07) is 3.41. The van der Waals surface area contributed by atoms with E-state index < -0.39 is 0 Å². The summed E-state index contributed by atoms with van der Waals surface area (Å²) in [4.78, 5) is 16.5. The summed E-state index contributed by atoms with van der Waals surface area (Å²) in [6.07, 6.45) is 5.95. The van der Waals surface area contributed by atoms with Crippen LogP contribution in [0.3, 0.4) is 0 Å². The highest BCUT2D eigenvalue weighted by atomic mass is 16.5. The molecule has 0 aromatic carbocycles. The normalized spacial score (nSPS) is 23.2. The molecule has 1 aliphatic carbocycles. The Hall–Kier alpha value is -1.78. The Labute approximate surface area is 112 Å². The van der Waals surface area contributed by atoms with Crippen molar-refractivity contribution in [1.82, 2.24) is 4.98 Å². The highest BCUT2D eigenvalue weighted by Gasteiger charge is 2.33. The lowest BCUT2D eigenvalue weighted by molar-refractivity contribution is -0.118. The van der Waals surface area contributed by atoms with Gasteiger partial charge in [-0.3, -0.25) is 4.79 Å². The van der Waals surface area contributed by atoms with Crippen LogP contribution in [0.5, 0.6) is 5.88 Å². The number of carbonyl (C=O) groups excluding carboxylic acids is 1. The third-order valence-corrected chi connectivity index (χ3v) is 4.03. The van der Waals surface area contributed by atoms with Gasteiger partial charge < -0.3 is 15.4 Å². The number of nitrogens with one attached hydrogen (secondary N) is 2. The van der Waals surface area contributed by atoms with Crippen molar-refractivity contribution in [3.05, 3.63) is 12.1 Å². The fourth-order valence-corrected chi connectivity index (χ4v) is 2.99. The number of pyridine rings is 1. The molecule has 0 saturated heterocycles. The maximum atomic E-state index is 12.2. The van der Waals surface area contributed by atoms with Crippen molar-refractivity contribution in [2.24, 2.45) is 5.92 Å². The van der Waals surface area contributed by atoms with E-state index in [-0.39, 0.29) is 11.9 Å². The molecule has 2 aliphatic rings. The third kappa shape index (κ3) is 2.37. The van der Waals surface area contributed by atoms with Gasteiger partial charge in [0.25, 0.3) is 0 Å². The van der Waals surface area contributed by atoms with Crippen LogP contribution in [0.1, 0.15) is 32.1 Å². The summed E-state index contributed by atoms with van der Waals surface area (Å²) >= 11 is 0. The van der Waals surface area contributed by atoms with E-state index in [0.29, 0.717) is 11.8 Å². The molecule has 1 atom stereocenters. The van der Waals surface area contributed by atoms with E-state index in [1.807, 2.05) is 6.07 Å². The molecule has 19 heavy (non-hydrogen) atoms. The van der Waals surface area contributed by atoms with Crippen LogP contribution < -0.4 is 15.4 Å². The van der Waals surface area contributed by atoms with Gasteiger partial charge in [0.15, 0.2) is 5.82 Å². The number of anilines is 2. The molecule has 5 nitrogen and oxygen atoms in total. The molecule has 1 amide bonds. The van der Waals surface area contributed by atoms with Crippen LogP contribution in [0.25, 0.3) is 0 Å². The molecule has 102 valence electrons. The van der Waals surface area contributed by atoms with E-state index in [1.54, 1.807) is 13.2 Å². The van der Waals surface area contributed by atoms with Crippen molar-refractivity contribution in [2.45, 2.75) is 38.1 Å². The van der Waals surface area contributed by atoms with Crippen LogP contribution in [0.4, 0.5) is 11.5 Å². The molecule has 2 N–H and O–H groups in total. The van der Waals surface area contributed by atoms with Crippen LogP contribution in [0, 0.1) is 5.92 Å². The van der Waals surface area contributed by atoms with E-state index >= 15 is 0 Å². The van der Waals surface area contributed by atoms with Crippen LogP contribution in [-0.4, -0.2) is 24.0 Å². The van der Waals surface area contributed by atoms with Crippen LogP contribution >= 0.6 is 0 Å². The van der Waals surface area contributed by atoms with Gasteiger partial charge in [-0.25, -0.2) is 0 Å². The second-order valence-corrected chi connectivity index (χ2v) is 5.26. The average Bonchev–Trinajstić information content (AvgIpc) is 2.47. The number of fused-ring (bicyclic) bond motifs is 1. The largest absolute Gasteiger partial charge is 0.481 e. The lowest BCUT2D eigenvalue weighted by atomic mass is 9.83. The molecule has 1 unspecified atom stereocenters. The zero-order valence-corrected chi connectivity index (χ0v) is 11.1. The topological polar surface area (TPSA) is 63.2 Å². The average molecular weight is 261 g/mol. The van der Waals surface area contributed by atoms with Gasteiger partial charge in [-0.15, -0.1) is 0 Å². The van der Waals surface area contributed by atoms with Crippen LogP contribution in [-0.2, 0) is 4.79 Å². The number of rotatable bonds is 2. The van der Waals surface area contributed by atoms with Gasteiger partial charge in [0, 0.05) is 6.07 Å². The summed E-state index contributed by atoms with van der Waals surface area (Å²) in [5.74, 6) is 1.75. The zero-order valence-electron chi connectivity index (χ0n) is 11.1. The lowest BCUT2D eigenvalue weighted by Gasteiger charge is -2.33. The van der Waals surface area contributed by atoms with E-state index in [1.165, 1.54) is 19.3 Å². The zero-order chi connectivity index (χ0) is 13.2. The number of methoxy groups -OCH3 is 1. The van der Waals surface area contributed by atoms with Crippen molar-refractivity contribution in [2.75, 3.05) is 17.7 Å². The summed E-state index contributed by atoms with van der Waals surface area (Å²) in [6.45, 7) is 0. The van der Waals surface area contributed by atoms with Gasteiger partial charge >= 0.3 is 0 Å². The van der Waals surface area contributed by atoms with Crippen molar-refractivity contribution in [1.29, 1.82) is 0 Å². The third-order valence-electron chi connectivity index (χ3n) is 4.03. The van der Waals surface area contributed by atoms with Gasteiger partial charge in [-0.2, -0.15) is 4.98 Å². The molecule has 1 fully saturated rings. The molecule has 0 radical (unpaired) electrons. The molecule has 0 spiro atoms. The Kier molecular flexibility index (Phi) is 3.27. The van der Waals surface area contributed by atoms with Gasteiger partial charge in [0.05, 0.1) is 12.8 Å². The Morgan fingerprint density at radius 2 is 2.05 bits per heavy atom. The van der Waals surface area contributed by atoms with Gasteiger partial charge in [-0.1, -0.05) is 19.3 Å². The minimum atomic E-state index is -0.160. The number of hydrogen-bond acceptors (Lipinski definition) is 4. The molecule has 1 saturated carbocycles. The first-order valence-corrected chi connectivity index (χ1v) is 6.90. The molecular formula is C14H19N3O2. The quantitative estimate of drug-likeness (QED) is 0.858. The molecule has 1 aliphatic heterocycles. The number of hydrogen-bond donors (Lipinski definition) is 2. The number of ether oxygens (including phenoxy) is 1. The van der Waals surface area contributed by atoms with Gasteiger partial charge in [-0.05, 0) is 24.8 Å². The smallest absolute Gasteiger partial charge is 0.247 e. The maximum Gasteiger partial charge on any atom is 0.247 e. The fourth-order valence-electron chi connectivity index (χ4n) is 2.99. The second kappa shape index (κ2) is 5.07. The predicted octanol–water partition coefficient (Wildman–Crippen LogP) is 2.40. The molecule has 3 rings (SSSR count). The minimum Gasteiger partial charge on any atom is -0.481 e. The first-order chi connectivity index (χ1) is 9.28. The monoisotopic (exact) mass is 261 g/mol. The standard InChI is InChI=1S/C14H19N3O2/c1-19-11-8-7-10-13(16-11)17-12(14(18)15-10)9-5-3-2-4-6-9/h7-9,12H,2-6H2,1H3,(H,15,18)(H,16,17). The number of carbonyl (C=O) groups is 1. The Morgan fingerprint density at radius 3 is 2.79 bits per heavy atom. The summed E-state index contributed by atoms with van der Waals surface area (Å²) in [5.41, 5.74) is 0.734. The Balaban J connectivity index is 1.83. The van der Waals surface area contributed by atoms with Gasteiger partial charge in [0.1, 0.15) is 6.04 Å². The molecule has 1 aromatic rings. The SMILES string of the molecule is COc1ccc2c(n1)NC(C1CCCCC1)C(=O)N2. The van der Waals surface area contributed by atoms with E-state index in [2.05, 4.69) is 15.6 Å². The fraction of sp³-hybridized carbons (Fsp3) is 0.571. The van der Waals surface area contributed by atoms with Crippen LogP contribution in [0.15, 0.2) is 12.1 Å². The first-order valence-electron chi connectivity index (χ1n) is 6.90. The number of nitrogens with zero attached hydrogens (tertiary/aromatic N) is 1. The number of amides is 1. The summed E-state index contributed by atoms with van der Waals surface area (Å²) in [7, 11) is 1.59. The van der Waals surface area contributed by atoms with Crippen molar-refractivity contribution in [3.8, 4) is 5.88 Å². The van der Waals surface area contributed by atoms with Crippen molar-refractivity contribution >= 4 is 17.4 Å². The first kappa shape index (κ1) is 12.3. The predicted molar refractivity (Wildman–Crippen MR) is 73.4 cm³/mol. The van der Waals surface area contributed by atoms with E-state index in [4.69, 9.17) is 4.74 Å². The molecular weight excluding hydrogens is 242 g/mol. The van der Waals surface area contributed by atoms with Crippen LogP contribution in [0.2, 0.25) is 0 Å². The van der Waals surface area contributed by atoms with Crippen molar-refractivity contribution < 1.29 is 9.53 Å². The summed E-state index contributed by atoms with van der Waals surface area (Å²) in [5, 5.41) is 6.23. The minimum absolute atomic E-state index is 0.0615. The molecule has 1 aromatic heterocycles. The Bertz CT molecular complexity index is 484. The maximum absolute atomic E-state index is 12.2. The van der Waals surface area contributed by atoms with Gasteiger partial charge in [0.2, 0.25) is 11.8 Å². The highest BCUT2D eigenvalue weighted by Crippen LogP contribution is 2.33. The molecule has 0 bridgehead atoms. The number of aromatic nitrogens is 1.